The Bertz CT molecular complexity index is 224. The molecule has 2 unspecified atom stereocenters. The van der Waals surface area contributed by atoms with Crippen molar-refractivity contribution in [1.29, 1.82) is 0 Å². The zero-order valence-electron chi connectivity index (χ0n) is 9.16. The molecule has 0 radical (unpaired) electrons. The first-order valence-electron chi connectivity index (χ1n) is 4.81. The SMILES string of the molecule is CCOC(=O)C(C)(C(=O)O)C(C)CC. The standard InChI is InChI=1S/C10H18O4/c1-5-7(3)10(4,8(11)12)9(13)14-6-2/h7H,5-6H2,1-4H3,(H,11,12). The van der Waals surface area contributed by atoms with Crippen molar-refractivity contribution in [3.8, 4) is 0 Å². The van der Waals surface area contributed by atoms with Crippen molar-refractivity contribution in [2.75, 3.05) is 6.61 Å². The number of carbonyl (C=O) groups excluding carboxylic acids is 1. The lowest BCUT2D eigenvalue weighted by molar-refractivity contribution is -0.171. The predicted octanol–water partition coefficient (Wildman–Crippen LogP) is 1.69. The average Bonchev–Trinajstić information content (AvgIpc) is 2.15. The number of carboxylic acids is 1. The molecule has 1 N–H and O–H groups in total. The Morgan fingerprint density at radius 1 is 1.43 bits per heavy atom. The second kappa shape index (κ2) is 4.98. The summed E-state index contributed by atoms with van der Waals surface area (Å²) in [5.74, 6) is -2.01. The number of aliphatic carboxylic acids is 1. The summed E-state index contributed by atoms with van der Waals surface area (Å²) in [5.41, 5.74) is -1.43. The number of rotatable bonds is 5. The first-order chi connectivity index (χ1) is 6.41. The molecule has 0 amide bonds. The molecule has 0 saturated heterocycles. The van der Waals surface area contributed by atoms with Gasteiger partial charge in [-0.1, -0.05) is 20.3 Å². The molecule has 0 aliphatic carbocycles. The number of hydrogen-bond donors (Lipinski definition) is 1. The molecule has 0 rings (SSSR count). The van der Waals surface area contributed by atoms with Gasteiger partial charge in [-0.3, -0.25) is 9.59 Å². The Labute approximate surface area is 84.3 Å². The normalized spacial score (nSPS) is 16.9. The van der Waals surface area contributed by atoms with Gasteiger partial charge in [0.15, 0.2) is 5.41 Å². The molecule has 14 heavy (non-hydrogen) atoms. The van der Waals surface area contributed by atoms with Gasteiger partial charge in [0, 0.05) is 0 Å². The van der Waals surface area contributed by atoms with E-state index in [1.807, 2.05) is 6.92 Å². The highest BCUT2D eigenvalue weighted by Crippen LogP contribution is 2.31. The van der Waals surface area contributed by atoms with Crippen LogP contribution in [0.2, 0.25) is 0 Å². The summed E-state index contributed by atoms with van der Waals surface area (Å²) in [4.78, 5) is 22.5. The summed E-state index contributed by atoms with van der Waals surface area (Å²) in [7, 11) is 0. The van der Waals surface area contributed by atoms with Crippen LogP contribution in [0.4, 0.5) is 0 Å². The van der Waals surface area contributed by atoms with E-state index in [2.05, 4.69) is 0 Å². The van der Waals surface area contributed by atoms with Gasteiger partial charge >= 0.3 is 11.9 Å². The first kappa shape index (κ1) is 12.9. The van der Waals surface area contributed by atoms with E-state index in [0.717, 1.165) is 0 Å². The minimum Gasteiger partial charge on any atom is -0.480 e. The number of ether oxygens (including phenoxy) is 1. The smallest absolute Gasteiger partial charge is 0.323 e. The molecule has 4 heteroatoms. The fourth-order valence-electron chi connectivity index (χ4n) is 1.19. The molecule has 0 aromatic heterocycles. The van der Waals surface area contributed by atoms with E-state index in [1.54, 1.807) is 13.8 Å². The van der Waals surface area contributed by atoms with Crippen molar-refractivity contribution >= 4 is 11.9 Å². The molecule has 0 aliphatic heterocycles. The van der Waals surface area contributed by atoms with Gasteiger partial charge in [0.05, 0.1) is 6.61 Å². The maximum Gasteiger partial charge on any atom is 0.323 e. The van der Waals surface area contributed by atoms with Crippen molar-refractivity contribution in [3.63, 3.8) is 0 Å². The highest BCUT2D eigenvalue weighted by Gasteiger charge is 2.46. The summed E-state index contributed by atoms with van der Waals surface area (Å²) >= 11 is 0. The molecule has 82 valence electrons. The molecule has 0 fully saturated rings. The Kier molecular flexibility index (Phi) is 4.60. The van der Waals surface area contributed by atoms with Crippen molar-refractivity contribution < 1.29 is 19.4 Å². The number of carboxylic acid groups (broad SMARTS) is 1. The second-order valence-corrected chi connectivity index (χ2v) is 3.54. The van der Waals surface area contributed by atoms with Crippen LogP contribution in [0.1, 0.15) is 34.1 Å². The number of carbonyl (C=O) groups is 2. The summed E-state index contributed by atoms with van der Waals surface area (Å²) < 4.78 is 4.77. The van der Waals surface area contributed by atoms with Gasteiger partial charge in [-0.05, 0) is 19.8 Å². The maximum absolute atomic E-state index is 11.5. The third-order valence-electron chi connectivity index (χ3n) is 2.74. The van der Waals surface area contributed by atoms with Crippen molar-refractivity contribution in [1.82, 2.24) is 0 Å². The Balaban J connectivity index is 4.89. The molecule has 0 bridgehead atoms. The third-order valence-corrected chi connectivity index (χ3v) is 2.74. The molecule has 0 heterocycles. The summed E-state index contributed by atoms with van der Waals surface area (Å²) in [6.07, 6.45) is 0.627. The van der Waals surface area contributed by atoms with E-state index >= 15 is 0 Å². The first-order valence-corrected chi connectivity index (χ1v) is 4.81. The second-order valence-electron chi connectivity index (χ2n) is 3.54. The lowest BCUT2D eigenvalue weighted by Gasteiger charge is -2.28. The zero-order chi connectivity index (χ0) is 11.4. The van der Waals surface area contributed by atoms with E-state index in [-0.39, 0.29) is 12.5 Å². The van der Waals surface area contributed by atoms with E-state index < -0.39 is 17.4 Å². The molecule has 0 spiro atoms. The molecule has 0 aromatic carbocycles. The van der Waals surface area contributed by atoms with Crippen LogP contribution in [0.25, 0.3) is 0 Å². The lowest BCUT2D eigenvalue weighted by Crippen LogP contribution is -2.43. The van der Waals surface area contributed by atoms with Crippen LogP contribution in [0, 0.1) is 11.3 Å². The van der Waals surface area contributed by atoms with Crippen molar-refractivity contribution in [2.45, 2.75) is 34.1 Å². The van der Waals surface area contributed by atoms with Crippen LogP contribution in [-0.2, 0) is 14.3 Å². The van der Waals surface area contributed by atoms with Crippen LogP contribution in [0.3, 0.4) is 0 Å². The van der Waals surface area contributed by atoms with Gasteiger partial charge in [0.2, 0.25) is 0 Å². The quantitative estimate of drug-likeness (QED) is 0.544. The number of hydrogen-bond acceptors (Lipinski definition) is 3. The van der Waals surface area contributed by atoms with Crippen LogP contribution in [0.5, 0.6) is 0 Å². The van der Waals surface area contributed by atoms with Gasteiger partial charge in [-0.2, -0.15) is 0 Å². The monoisotopic (exact) mass is 202 g/mol. The van der Waals surface area contributed by atoms with Crippen LogP contribution >= 0.6 is 0 Å². The van der Waals surface area contributed by atoms with Crippen molar-refractivity contribution in [3.05, 3.63) is 0 Å². The lowest BCUT2D eigenvalue weighted by atomic mass is 9.77. The van der Waals surface area contributed by atoms with Gasteiger partial charge in [0.1, 0.15) is 0 Å². The molecular formula is C10H18O4. The van der Waals surface area contributed by atoms with Gasteiger partial charge in [-0.15, -0.1) is 0 Å². The third kappa shape index (κ3) is 2.25. The molecule has 4 nitrogen and oxygen atoms in total. The fourth-order valence-corrected chi connectivity index (χ4v) is 1.19. The molecule has 2 atom stereocenters. The highest BCUT2D eigenvalue weighted by molar-refractivity contribution is 5.99. The summed E-state index contributed by atoms with van der Waals surface area (Å²) in [6, 6.07) is 0. The Morgan fingerprint density at radius 3 is 2.21 bits per heavy atom. The van der Waals surface area contributed by atoms with Crippen LogP contribution in [-0.4, -0.2) is 23.7 Å². The minimum atomic E-state index is -1.43. The van der Waals surface area contributed by atoms with E-state index in [1.165, 1.54) is 6.92 Å². The largest absolute Gasteiger partial charge is 0.480 e. The average molecular weight is 202 g/mol. The molecule has 0 saturated carbocycles. The highest BCUT2D eigenvalue weighted by atomic mass is 16.5. The molecule has 0 aliphatic rings. The molecule has 0 aromatic rings. The van der Waals surface area contributed by atoms with Gasteiger partial charge in [-0.25, -0.2) is 0 Å². The maximum atomic E-state index is 11.5. The molecular weight excluding hydrogens is 184 g/mol. The van der Waals surface area contributed by atoms with E-state index in [9.17, 15) is 9.59 Å². The van der Waals surface area contributed by atoms with E-state index in [4.69, 9.17) is 9.84 Å². The van der Waals surface area contributed by atoms with Crippen LogP contribution in [0.15, 0.2) is 0 Å². The van der Waals surface area contributed by atoms with E-state index in [0.29, 0.717) is 6.42 Å². The summed E-state index contributed by atoms with van der Waals surface area (Å²) in [5, 5.41) is 9.03. The van der Waals surface area contributed by atoms with Crippen molar-refractivity contribution in [2.24, 2.45) is 11.3 Å². The van der Waals surface area contributed by atoms with Gasteiger partial charge < -0.3 is 9.84 Å². The fraction of sp³-hybridized carbons (Fsp3) is 0.800. The van der Waals surface area contributed by atoms with Gasteiger partial charge in [0.25, 0.3) is 0 Å². The van der Waals surface area contributed by atoms with Crippen LogP contribution < -0.4 is 0 Å². The Morgan fingerprint density at radius 2 is 1.93 bits per heavy atom. The zero-order valence-corrected chi connectivity index (χ0v) is 9.16. The number of esters is 1. The predicted molar refractivity (Wildman–Crippen MR) is 51.8 cm³/mol. The minimum absolute atomic E-state index is 0.206. The Hall–Kier alpha value is -1.06. The topological polar surface area (TPSA) is 63.6 Å². The summed E-state index contributed by atoms with van der Waals surface area (Å²) in [6.45, 7) is 6.88.